The fourth-order valence-electron chi connectivity index (χ4n) is 0. The predicted octanol–water partition coefficient (Wildman–Crippen LogP) is -0.827. The standard InChI is InChI=1S/Au.H3NO3S.H3N/c;1-4-5(2)3;/h;1H2,(H,2,3);1H3. The van der Waals surface area contributed by atoms with Gasteiger partial charge in [-0.15, -0.1) is 0 Å². The average Bonchev–Trinajstić information content (AvgIpc) is 1.38. The van der Waals surface area contributed by atoms with Crippen LogP contribution in [0.2, 0.25) is 0 Å². The van der Waals surface area contributed by atoms with E-state index in [1.807, 2.05) is 0 Å². The van der Waals surface area contributed by atoms with Crippen LogP contribution in [0.4, 0.5) is 0 Å². The van der Waals surface area contributed by atoms with Gasteiger partial charge in [0.15, 0.2) is 0 Å². The van der Waals surface area contributed by atoms with E-state index >= 15 is 0 Å². The molecule has 6 N–H and O–H groups in total. The second-order valence-corrected chi connectivity index (χ2v) is 0.940. The molecule has 0 rings (SSSR count). The van der Waals surface area contributed by atoms with Gasteiger partial charge in [-0.2, -0.15) is 14.4 Å². The van der Waals surface area contributed by atoms with Gasteiger partial charge in [0.05, 0.1) is 0 Å². The molecule has 0 spiro atoms. The van der Waals surface area contributed by atoms with Gasteiger partial charge in [-0.1, -0.05) is 0 Å². The largest absolute Gasteiger partial charge is 0.344 e. The summed E-state index contributed by atoms with van der Waals surface area (Å²) in [5, 5.41) is 0. The SMILES string of the molecule is N.NOS(=O)O.[Au]. The Bertz CT molecular complexity index is 48.2. The summed E-state index contributed by atoms with van der Waals surface area (Å²) in [5.74, 6) is 4.12. The van der Waals surface area contributed by atoms with Gasteiger partial charge in [-0.25, -0.2) is 0 Å². The van der Waals surface area contributed by atoms with Crippen LogP contribution >= 0.6 is 0 Å². The molecule has 0 aromatic heterocycles. The number of hydrogen-bond acceptors (Lipinski definition) is 4. The molecule has 7 heavy (non-hydrogen) atoms. The summed E-state index contributed by atoms with van der Waals surface area (Å²) >= 11 is -2.29. The zero-order valence-electron chi connectivity index (χ0n) is 3.26. The molecule has 0 aromatic rings. The summed E-state index contributed by atoms with van der Waals surface area (Å²) in [6.07, 6.45) is 0. The van der Waals surface area contributed by atoms with Crippen molar-refractivity contribution in [1.29, 1.82) is 0 Å². The zero-order valence-corrected chi connectivity index (χ0v) is 6.24. The third-order valence-electron chi connectivity index (χ3n) is 0.0823. The smallest absolute Gasteiger partial charge is 0.319 e. The summed E-state index contributed by atoms with van der Waals surface area (Å²) in [6.45, 7) is 0. The molecule has 0 amide bonds. The normalized spacial score (nSPS) is 10.6. The molecule has 1 unspecified atom stereocenters. The average molecular weight is 311 g/mol. The van der Waals surface area contributed by atoms with E-state index in [4.69, 9.17) is 8.76 Å². The fraction of sp³-hybridized carbons (Fsp3) is 0. The third-order valence-corrected chi connectivity index (χ3v) is 0.247. The van der Waals surface area contributed by atoms with Crippen molar-refractivity contribution in [2.24, 2.45) is 5.90 Å². The first kappa shape index (κ1) is 15.6. The van der Waals surface area contributed by atoms with Gasteiger partial charge in [0.2, 0.25) is 0 Å². The van der Waals surface area contributed by atoms with E-state index in [2.05, 4.69) is 10.2 Å². The van der Waals surface area contributed by atoms with Crippen molar-refractivity contribution in [3.05, 3.63) is 0 Å². The minimum atomic E-state index is -2.29. The molecule has 0 aromatic carbocycles. The van der Waals surface area contributed by atoms with Crippen LogP contribution in [0.1, 0.15) is 0 Å². The molecule has 0 bridgehead atoms. The zero-order chi connectivity index (χ0) is 4.28. The molecule has 5 nitrogen and oxygen atoms in total. The summed E-state index contributed by atoms with van der Waals surface area (Å²) < 4.78 is 19.9. The summed E-state index contributed by atoms with van der Waals surface area (Å²) in [6, 6.07) is 0. The van der Waals surface area contributed by atoms with Crippen LogP contribution < -0.4 is 12.0 Å². The van der Waals surface area contributed by atoms with Crippen molar-refractivity contribution in [2.45, 2.75) is 0 Å². The van der Waals surface area contributed by atoms with Crippen LogP contribution in [0.3, 0.4) is 0 Å². The van der Waals surface area contributed by atoms with E-state index in [0.717, 1.165) is 0 Å². The van der Waals surface area contributed by atoms with Crippen LogP contribution in [0.25, 0.3) is 0 Å². The minimum absolute atomic E-state index is 0. The Kier molecular flexibility index (Phi) is 22.1. The first-order valence-corrected chi connectivity index (χ1v) is 1.78. The molecule has 0 aliphatic carbocycles. The second-order valence-electron chi connectivity index (χ2n) is 0.313. The van der Waals surface area contributed by atoms with Gasteiger partial charge in [0, 0.05) is 22.4 Å². The Morgan fingerprint density at radius 3 is 1.86 bits per heavy atom. The summed E-state index contributed by atoms with van der Waals surface area (Å²) in [7, 11) is 0. The van der Waals surface area contributed by atoms with Gasteiger partial charge in [-0.05, 0) is 0 Å². The Morgan fingerprint density at radius 1 is 1.71 bits per heavy atom. The number of hydrogen-bond donors (Lipinski definition) is 3. The molecule has 0 saturated carbocycles. The maximum absolute atomic E-state index is 9.13. The summed E-state index contributed by atoms with van der Waals surface area (Å²) in [5.41, 5.74) is 0. The van der Waals surface area contributed by atoms with Gasteiger partial charge in [-0.3, -0.25) is 4.55 Å². The van der Waals surface area contributed by atoms with Crippen LogP contribution in [-0.4, -0.2) is 8.76 Å². The van der Waals surface area contributed by atoms with E-state index < -0.39 is 11.4 Å². The molecule has 1 atom stereocenters. The first-order chi connectivity index (χ1) is 2.27. The van der Waals surface area contributed by atoms with Gasteiger partial charge >= 0.3 is 11.4 Å². The topological polar surface area (TPSA) is 108 Å². The summed E-state index contributed by atoms with van der Waals surface area (Å²) in [4.78, 5) is 0. The minimum Gasteiger partial charge on any atom is -0.344 e. The van der Waals surface area contributed by atoms with Crippen LogP contribution in [-0.2, 0) is 38.0 Å². The van der Waals surface area contributed by atoms with Crippen molar-refractivity contribution >= 4 is 11.4 Å². The maximum Gasteiger partial charge on any atom is 0.319 e. The predicted molar refractivity (Wildman–Crippen MR) is 21.1 cm³/mol. The van der Waals surface area contributed by atoms with Crippen LogP contribution in [0.5, 0.6) is 0 Å². The van der Waals surface area contributed by atoms with Gasteiger partial charge in [0.25, 0.3) is 0 Å². The molecule has 7 heteroatoms. The Hall–Kier alpha value is 0.730. The van der Waals surface area contributed by atoms with E-state index in [9.17, 15) is 0 Å². The van der Waals surface area contributed by atoms with E-state index in [0.29, 0.717) is 0 Å². The number of nitrogens with two attached hydrogens (primary N) is 1. The first-order valence-electron chi connectivity index (χ1n) is 0.752. The molecule has 0 fully saturated rings. The van der Waals surface area contributed by atoms with Crippen molar-refractivity contribution in [1.82, 2.24) is 6.15 Å². The second kappa shape index (κ2) is 9.88. The monoisotopic (exact) mass is 311 g/mol. The van der Waals surface area contributed by atoms with Crippen LogP contribution in [0, 0.1) is 0 Å². The van der Waals surface area contributed by atoms with E-state index in [1.165, 1.54) is 0 Å². The van der Waals surface area contributed by atoms with Crippen molar-refractivity contribution in [3.63, 3.8) is 0 Å². The van der Waals surface area contributed by atoms with Gasteiger partial charge < -0.3 is 6.15 Å². The Balaban J connectivity index is -0.0000000800. The molecule has 0 heterocycles. The Labute approximate surface area is 59.1 Å². The molecule has 0 aliphatic rings. The molecular weight excluding hydrogens is 305 g/mol. The molecule has 51 valence electrons. The van der Waals surface area contributed by atoms with E-state index in [1.54, 1.807) is 0 Å². The number of rotatable bonds is 1. The quantitative estimate of drug-likeness (QED) is 0.333. The fourth-order valence-corrected chi connectivity index (χ4v) is 0. The van der Waals surface area contributed by atoms with Crippen molar-refractivity contribution < 1.29 is 35.4 Å². The molecule has 0 saturated heterocycles. The van der Waals surface area contributed by atoms with Crippen LogP contribution in [0.15, 0.2) is 0 Å². The maximum atomic E-state index is 9.13. The van der Waals surface area contributed by atoms with Crippen molar-refractivity contribution in [3.8, 4) is 0 Å². The Morgan fingerprint density at radius 2 is 1.86 bits per heavy atom. The molecule has 0 aliphatic heterocycles. The van der Waals surface area contributed by atoms with Gasteiger partial charge in [0.1, 0.15) is 0 Å². The van der Waals surface area contributed by atoms with E-state index in [-0.39, 0.29) is 28.5 Å². The molecular formula is H6AuN2O3S. The third kappa shape index (κ3) is 20.2. The molecule has 1 radical (unpaired) electrons. The van der Waals surface area contributed by atoms with Crippen molar-refractivity contribution in [2.75, 3.05) is 0 Å².